The summed E-state index contributed by atoms with van der Waals surface area (Å²) >= 11 is 0. The molecule has 0 aliphatic rings. The minimum Gasteiger partial charge on any atom is -0.445 e. The highest BCUT2D eigenvalue weighted by Gasteiger charge is 2.32. The van der Waals surface area contributed by atoms with E-state index in [1.54, 1.807) is 0 Å². The highest BCUT2D eigenvalue weighted by molar-refractivity contribution is 5.92. The lowest BCUT2D eigenvalue weighted by Crippen LogP contribution is -2.57. The Morgan fingerprint density at radius 1 is 0.755 bits per heavy atom. The number of amides is 4. The summed E-state index contributed by atoms with van der Waals surface area (Å²) in [5.41, 5.74) is 1.64. The van der Waals surface area contributed by atoms with Crippen LogP contribution in [0.25, 0.3) is 10.8 Å². The second kappa shape index (κ2) is 22.6. The fraction of sp³-hybridized carbons (Fsp3) is 0.524. The van der Waals surface area contributed by atoms with E-state index in [0.29, 0.717) is 19.3 Å². The molecule has 0 aliphatic heterocycles. The molecule has 6 N–H and O–H groups in total. The molecule has 3 unspecified atom stereocenters. The number of ether oxygens (including phenoxy) is 1. The van der Waals surface area contributed by atoms with Crippen LogP contribution in [0.4, 0.5) is 4.79 Å². The van der Waals surface area contributed by atoms with Crippen LogP contribution in [-0.2, 0) is 32.1 Å². The molecule has 3 rings (SSSR count). The van der Waals surface area contributed by atoms with Crippen molar-refractivity contribution in [1.82, 2.24) is 21.3 Å². The van der Waals surface area contributed by atoms with Crippen molar-refractivity contribution < 1.29 is 34.1 Å². The number of aliphatic hydroxyl groups is 2. The van der Waals surface area contributed by atoms with Gasteiger partial charge in [-0.25, -0.2) is 4.79 Å². The number of aliphatic hydroxyl groups excluding tert-OH is 2. The van der Waals surface area contributed by atoms with E-state index in [4.69, 9.17) is 4.74 Å². The standard InChI is InChI=1S/C42H60N4O7/c1-6-8-10-22-34(40(50)45-35(23-28(3)4)38(48)25-39(49)43-37(26-47)29(5)7-2)44-41(51)36(46-42(52)53-27-30-16-11-9-12-17-30)24-32-20-15-19-31-18-13-14-21-33(31)32/h9,11-21,28-29,34-38,47-48H,6-8,10,22-27H2,1-5H3,(H,43,49)(H,44,51)(H,45,50)(H,46,52)/t29?,34-,35?,36-,37+,38?/m0/s1. The van der Waals surface area contributed by atoms with E-state index in [2.05, 4.69) is 21.3 Å². The highest BCUT2D eigenvalue weighted by atomic mass is 16.5. The van der Waals surface area contributed by atoms with Gasteiger partial charge >= 0.3 is 6.09 Å². The zero-order valence-electron chi connectivity index (χ0n) is 32.0. The maximum absolute atomic E-state index is 14.1. The van der Waals surface area contributed by atoms with Gasteiger partial charge in [-0.3, -0.25) is 14.4 Å². The van der Waals surface area contributed by atoms with Crippen molar-refractivity contribution in [3.05, 3.63) is 83.9 Å². The lowest BCUT2D eigenvalue weighted by Gasteiger charge is -2.29. The summed E-state index contributed by atoms with van der Waals surface area (Å²) in [6.45, 7) is 9.66. The van der Waals surface area contributed by atoms with E-state index < -0.39 is 54.1 Å². The van der Waals surface area contributed by atoms with E-state index in [1.807, 2.05) is 107 Å². The highest BCUT2D eigenvalue weighted by Crippen LogP contribution is 2.21. The predicted octanol–water partition coefficient (Wildman–Crippen LogP) is 5.55. The molecule has 0 aliphatic carbocycles. The maximum Gasteiger partial charge on any atom is 0.408 e. The Balaban J connectivity index is 1.82. The Bertz CT molecular complexity index is 1580. The molecule has 11 heteroatoms. The van der Waals surface area contributed by atoms with Gasteiger partial charge in [-0.15, -0.1) is 0 Å². The molecule has 0 heterocycles. The van der Waals surface area contributed by atoms with Crippen LogP contribution in [0, 0.1) is 11.8 Å². The number of carbonyl (C=O) groups excluding carboxylic acids is 4. The molecule has 0 saturated carbocycles. The topological polar surface area (TPSA) is 166 Å². The van der Waals surface area contributed by atoms with Gasteiger partial charge < -0.3 is 36.2 Å². The molecular weight excluding hydrogens is 672 g/mol. The van der Waals surface area contributed by atoms with Gasteiger partial charge in [0.15, 0.2) is 0 Å². The molecule has 0 aromatic heterocycles. The summed E-state index contributed by atoms with van der Waals surface area (Å²) < 4.78 is 5.48. The van der Waals surface area contributed by atoms with Crippen molar-refractivity contribution in [3.63, 3.8) is 0 Å². The number of hydrogen-bond donors (Lipinski definition) is 6. The third-order valence-corrected chi connectivity index (χ3v) is 9.64. The largest absolute Gasteiger partial charge is 0.445 e. The third-order valence-electron chi connectivity index (χ3n) is 9.64. The van der Waals surface area contributed by atoms with Gasteiger partial charge in [0.25, 0.3) is 0 Å². The van der Waals surface area contributed by atoms with Crippen molar-refractivity contribution in [2.24, 2.45) is 11.8 Å². The molecule has 0 fully saturated rings. The molecule has 4 amide bonds. The minimum atomic E-state index is -1.20. The second-order valence-electron chi connectivity index (χ2n) is 14.4. The van der Waals surface area contributed by atoms with Crippen LogP contribution in [0.3, 0.4) is 0 Å². The first kappa shape index (κ1) is 42.9. The molecule has 0 bridgehead atoms. The summed E-state index contributed by atoms with van der Waals surface area (Å²) in [5, 5.41) is 34.3. The van der Waals surface area contributed by atoms with E-state index >= 15 is 0 Å². The number of alkyl carbamates (subject to hydrolysis) is 1. The smallest absolute Gasteiger partial charge is 0.408 e. The fourth-order valence-corrected chi connectivity index (χ4v) is 6.30. The fourth-order valence-electron chi connectivity index (χ4n) is 6.30. The SMILES string of the molecule is CCCCC[C@H](NC(=O)[C@H](Cc1cccc2ccccc12)NC(=O)OCc1ccccc1)C(=O)NC(CC(C)C)C(O)CC(=O)N[C@H](CO)C(C)CC. The molecule has 3 aromatic rings. The molecular formula is C42H60N4O7. The van der Waals surface area contributed by atoms with Crippen molar-refractivity contribution in [3.8, 4) is 0 Å². The Labute approximate surface area is 314 Å². The third kappa shape index (κ3) is 14.5. The second-order valence-corrected chi connectivity index (χ2v) is 14.4. The first-order chi connectivity index (χ1) is 25.4. The van der Waals surface area contributed by atoms with Gasteiger partial charge in [0, 0.05) is 6.42 Å². The van der Waals surface area contributed by atoms with Crippen molar-refractivity contribution >= 4 is 34.6 Å². The van der Waals surface area contributed by atoms with Gasteiger partial charge in [-0.2, -0.15) is 0 Å². The Hall–Kier alpha value is -4.48. The average Bonchev–Trinajstić information content (AvgIpc) is 3.15. The number of hydrogen-bond acceptors (Lipinski definition) is 7. The van der Waals surface area contributed by atoms with Crippen LogP contribution in [0.15, 0.2) is 72.8 Å². The zero-order valence-corrected chi connectivity index (χ0v) is 32.0. The summed E-state index contributed by atoms with van der Waals surface area (Å²) in [6, 6.07) is 19.5. The number of fused-ring (bicyclic) bond motifs is 1. The predicted molar refractivity (Wildman–Crippen MR) is 208 cm³/mol. The molecule has 290 valence electrons. The van der Waals surface area contributed by atoms with Gasteiger partial charge in [0.1, 0.15) is 18.7 Å². The van der Waals surface area contributed by atoms with Crippen molar-refractivity contribution in [2.45, 2.75) is 123 Å². The van der Waals surface area contributed by atoms with Crippen molar-refractivity contribution in [1.29, 1.82) is 0 Å². The van der Waals surface area contributed by atoms with Crippen LogP contribution in [-0.4, -0.2) is 70.9 Å². The number of benzene rings is 3. The average molecular weight is 733 g/mol. The molecule has 53 heavy (non-hydrogen) atoms. The van der Waals surface area contributed by atoms with Gasteiger partial charge in [-0.1, -0.05) is 133 Å². The lowest BCUT2D eigenvalue weighted by molar-refractivity contribution is -0.131. The van der Waals surface area contributed by atoms with Gasteiger partial charge in [0.05, 0.1) is 31.2 Å². The monoisotopic (exact) mass is 732 g/mol. The molecule has 11 nitrogen and oxygen atoms in total. The van der Waals surface area contributed by atoms with E-state index in [1.165, 1.54) is 0 Å². The maximum atomic E-state index is 14.1. The number of unbranched alkanes of at least 4 members (excludes halogenated alkanes) is 2. The first-order valence-electron chi connectivity index (χ1n) is 19.1. The van der Waals surface area contributed by atoms with E-state index in [0.717, 1.165) is 41.2 Å². The van der Waals surface area contributed by atoms with Crippen LogP contribution in [0.5, 0.6) is 0 Å². The molecule has 0 saturated heterocycles. The number of carbonyl (C=O) groups is 4. The Kier molecular flexibility index (Phi) is 18.3. The molecule has 6 atom stereocenters. The summed E-state index contributed by atoms with van der Waals surface area (Å²) in [6.07, 6.45) is 1.80. The Morgan fingerprint density at radius 3 is 2.11 bits per heavy atom. The van der Waals surface area contributed by atoms with Crippen LogP contribution >= 0.6 is 0 Å². The summed E-state index contributed by atoms with van der Waals surface area (Å²) in [5.74, 6) is -1.33. The number of rotatable bonds is 22. The summed E-state index contributed by atoms with van der Waals surface area (Å²) in [4.78, 5) is 54.1. The van der Waals surface area contributed by atoms with Crippen LogP contribution < -0.4 is 21.3 Å². The summed E-state index contributed by atoms with van der Waals surface area (Å²) in [7, 11) is 0. The van der Waals surface area contributed by atoms with Crippen molar-refractivity contribution in [2.75, 3.05) is 6.61 Å². The first-order valence-corrected chi connectivity index (χ1v) is 19.1. The van der Waals surface area contributed by atoms with Crippen LogP contribution in [0.1, 0.15) is 90.7 Å². The molecule has 0 spiro atoms. The van der Waals surface area contributed by atoms with Crippen LogP contribution in [0.2, 0.25) is 0 Å². The molecule has 0 radical (unpaired) electrons. The lowest BCUT2D eigenvalue weighted by atomic mass is 9.95. The Morgan fingerprint density at radius 2 is 1.43 bits per heavy atom. The van der Waals surface area contributed by atoms with Gasteiger partial charge in [-0.05, 0) is 46.6 Å². The molecule has 3 aromatic carbocycles. The number of nitrogens with one attached hydrogen (secondary N) is 4. The normalized spacial score (nSPS) is 14.7. The van der Waals surface area contributed by atoms with E-state index in [-0.39, 0.29) is 37.9 Å². The quantitative estimate of drug-likeness (QED) is 0.0738. The minimum absolute atomic E-state index is 0.0210. The van der Waals surface area contributed by atoms with E-state index in [9.17, 15) is 29.4 Å². The van der Waals surface area contributed by atoms with Gasteiger partial charge in [0.2, 0.25) is 17.7 Å². The zero-order chi connectivity index (χ0) is 38.8.